The van der Waals surface area contributed by atoms with Gasteiger partial charge in [-0.1, -0.05) is 12.1 Å². The van der Waals surface area contributed by atoms with Crippen LogP contribution in [0.3, 0.4) is 0 Å². The molecule has 2 N–H and O–H groups in total. The van der Waals surface area contributed by atoms with Gasteiger partial charge in [0.25, 0.3) is 0 Å². The number of benzene rings is 1. The molecule has 3 nitrogen and oxygen atoms in total. The van der Waals surface area contributed by atoms with E-state index in [4.69, 9.17) is 8.83 Å². The Labute approximate surface area is 116 Å². The van der Waals surface area contributed by atoms with Gasteiger partial charge in [-0.15, -0.1) is 0 Å². The highest BCUT2D eigenvalue weighted by molar-refractivity contribution is 5.58. The van der Waals surface area contributed by atoms with Gasteiger partial charge in [0, 0.05) is 0 Å². The average Bonchev–Trinajstić information content (AvgIpc) is 3.11. The molecule has 0 radical (unpaired) electrons. The fraction of sp³-hybridized carbons (Fsp3) is 0.125. The number of hydrogen-bond donors (Lipinski definition) is 1. The predicted octanol–water partition coefficient (Wildman–Crippen LogP) is 2.94. The van der Waals surface area contributed by atoms with Crippen LogP contribution in [0, 0.1) is 5.82 Å². The lowest BCUT2D eigenvalue weighted by Gasteiger charge is -1.99. The summed E-state index contributed by atoms with van der Waals surface area (Å²) in [4.78, 5) is 0. The number of halogens is 1. The number of hydrogen-bond acceptors (Lipinski definition) is 2. The molecule has 3 aromatic rings. The summed E-state index contributed by atoms with van der Waals surface area (Å²) in [5.74, 6) is 2.03. The zero-order valence-electron chi connectivity index (χ0n) is 10.9. The summed E-state index contributed by atoms with van der Waals surface area (Å²) in [5.41, 5.74) is 0.491. The topological polar surface area (TPSA) is 42.9 Å². The zero-order chi connectivity index (χ0) is 13.8. The van der Waals surface area contributed by atoms with Crippen molar-refractivity contribution in [2.75, 3.05) is 0 Å². The number of rotatable bonds is 5. The normalized spacial score (nSPS) is 10.8. The van der Waals surface area contributed by atoms with Crippen molar-refractivity contribution in [1.82, 2.24) is 0 Å². The lowest BCUT2D eigenvalue weighted by atomic mass is 10.1. The first-order chi connectivity index (χ1) is 9.83. The molecule has 0 amide bonds. The molecule has 0 unspecified atom stereocenters. The third-order valence-electron chi connectivity index (χ3n) is 3.07. The molecule has 0 atom stereocenters. The summed E-state index contributed by atoms with van der Waals surface area (Å²) in [6, 6.07) is 14.1. The first-order valence-electron chi connectivity index (χ1n) is 6.50. The van der Waals surface area contributed by atoms with Crippen molar-refractivity contribution in [1.29, 1.82) is 0 Å². The van der Waals surface area contributed by atoms with E-state index < -0.39 is 0 Å². The molecule has 0 aliphatic heterocycles. The van der Waals surface area contributed by atoms with Crippen LogP contribution < -0.4 is 5.32 Å². The molecule has 0 saturated heterocycles. The van der Waals surface area contributed by atoms with E-state index >= 15 is 0 Å². The van der Waals surface area contributed by atoms with E-state index in [0.717, 1.165) is 18.1 Å². The van der Waals surface area contributed by atoms with E-state index in [1.165, 1.54) is 6.07 Å². The molecule has 0 saturated carbocycles. The molecular formula is C16H15FNO2+. The fourth-order valence-corrected chi connectivity index (χ4v) is 2.08. The van der Waals surface area contributed by atoms with Crippen LogP contribution in [0.4, 0.5) is 4.39 Å². The van der Waals surface area contributed by atoms with Gasteiger partial charge in [0.15, 0.2) is 11.5 Å². The van der Waals surface area contributed by atoms with Crippen molar-refractivity contribution in [3.8, 4) is 11.3 Å². The van der Waals surface area contributed by atoms with Crippen LogP contribution in [0.5, 0.6) is 0 Å². The molecule has 3 rings (SSSR count). The Kier molecular flexibility index (Phi) is 3.65. The molecule has 102 valence electrons. The number of furan rings is 2. The molecule has 2 heterocycles. The standard InChI is InChI=1S/C16H14FNO2/c17-15-6-2-1-5-14(15)16-8-7-13(20-16)11-18-10-12-4-3-9-19-12/h1-9,18H,10-11H2/p+1. The van der Waals surface area contributed by atoms with Gasteiger partial charge in [-0.2, -0.15) is 0 Å². The molecule has 20 heavy (non-hydrogen) atoms. The third-order valence-corrected chi connectivity index (χ3v) is 3.07. The quantitative estimate of drug-likeness (QED) is 0.776. The minimum atomic E-state index is -0.270. The smallest absolute Gasteiger partial charge is 0.158 e. The van der Waals surface area contributed by atoms with Gasteiger partial charge in [-0.25, -0.2) is 4.39 Å². The van der Waals surface area contributed by atoms with E-state index in [2.05, 4.69) is 5.32 Å². The summed E-state index contributed by atoms with van der Waals surface area (Å²) < 4.78 is 24.6. The Hall–Kier alpha value is -2.33. The first-order valence-corrected chi connectivity index (χ1v) is 6.50. The Morgan fingerprint density at radius 3 is 2.55 bits per heavy atom. The SMILES string of the molecule is Fc1ccccc1-c1ccc(C[NH2+]Cc2ccco2)o1. The molecule has 4 heteroatoms. The van der Waals surface area contributed by atoms with Gasteiger partial charge in [-0.05, 0) is 36.4 Å². The first kappa shape index (κ1) is 12.7. The highest BCUT2D eigenvalue weighted by Gasteiger charge is 2.10. The third kappa shape index (κ3) is 2.81. The second kappa shape index (κ2) is 5.75. The molecule has 0 spiro atoms. The van der Waals surface area contributed by atoms with Crippen molar-refractivity contribution in [2.24, 2.45) is 0 Å². The van der Waals surface area contributed by atoms with E-state index in [9.17, 15) is 4.39 Å². The van der Waals surface area contributed by atoms with Crippen LogP contribution in [0.25, 0.3) is 11.3 Å². The van der Waals surface area contributed by atoms with Crippen LogP contribution >= 0.6 is 0 Å². The molecule has 0 aliphatic rings. The van der Waals surface area contributed by atoms with Crippen LogP contribution in [0.2, 0.25) is 0 Å². The lowest BCUT2D eigenvalue weighted by Crippen LogP contribution is -2.80. The molecule has 0 aliphatic carbocycles. The molecule has 0 fully saturated rings. The number of nitrogens with two attached hydrogens (primary N) is 1. The maximum Gasteiger partial charge on any atom is 0.158 e. The summed E-state index contributed by atoms with van der Waals surface area (Å²) in [5, 5.41) is 2.07. The van der Waals surface area contributed by atoms with Gasteiger partial charge >= 0.3 is 0 Å². The van der Waals surface area contributed by atoms with Gasteiger partial charge in [0.1, 0.15) is 24.7 Å². The maximum absolute atomic E-state index is 13.6. The average molecular weight is 272 g/mol. The Bertz CT molecular complexity index is 673. The van der Waals surface area contributed by atoms with E-state index in [1.54, 1.807) is 30.5 Å². The lowest BCUT2D eigenvalue weighted by molar-refractivity contribution is -0.689. The highest BCUT2D eigenvalue weighted by atomic mass is 19.1. The highest BCUT2D eigenvalue weighted by Crippen LogP contribution is 2.24. The summed E-state index contributed by atoms with van der Waals surface area (Å²) >= 11 is 0. The second-order valence-corrected chi connectivity index (χ2v) is 4.52. The fourth-order valence-electron chi connectivity index (χ4n) is 2.08. The summed E-state index contributed by atoms with van der Waals surface area (Å²) in [6.07, 6.45) is 1.66. The van der Waals surface area contributed by atoms with Gasteiger partial charge in [-0.3, -0.25) is 0 Å². The minimum absolute atomic E-state index is 0.270. The predicted molar refractivity (Wildman–Crippen MR) is 72.1 cm³/mol. The molecule has 0 bridgehead atoms. The minimum Gasteiger partial charge on any atom is -0.463 e. The van der Waals surface area contributed by atoms with Crippen molar-refractivity contribution in [3.05, 3.63) is 72.1 Å². The molecular weight excluding hydrogens is 257 g/mol. The van der Waals surface area contributed by atoms with Crippen molar-refractivity contribution < 1.29 is 18.5 Å². The van der Waals surface area contributed by atoms with E-state index in [0.29, 0.717) is 17.9 Å². The Morgan fingerprint density at radius 2 is 1.75 bits per heavy atom. The summed E-state index contributed by atoms with van der Waals surface area (Å²) in [6.45, 7) is 1.44. The van der Waals surface area contributed by atoms with Crippen molar-refractivity contribution in [2.45, 2.75) is 13.1 Å². The van der Waals surface area contributed by atoms with Gasteiger partial charge in [0.05, 0.1) is 11.8 Å². The Morgan fingerprint density at radius 1 is 0.900 bits per heavy atom. The molecule has 2 aromatic heterocycles. The largest absolute Gasteiger partial charge is 0.463 e. The van der Waals surface area contributed by atoms with Gasteiger partial charge < -0.3 is 14.2 Å². The van der Waals surface area contributed by atoms with Crippen LogP contribution in [-0.2, 0) is 13.1 Å². The van der Waals surface area contributed by atoms with Crippen molar-refractivity contribution >= 4 is 0 Å². The zero-order valence-corrected chi connectivity index (χ0v) is 10.9. The van der Waals surface area contributed by atoms with Crippen LogP contribution in [0.1, 0.15) is 11.5 Å². The van der Waals surface area contributed by atoms with Gasteiger partial charge in [0.2, 0.25) is 0 Å². The van der Waals surface area contributed by atoms with Crippen molar-refractivity contribution in [3.63, 3.8) is 0 Å². The maximum atomic E-state index is 13.6. The second-order valence-electron chi connectivity index (χ2n) is 4.52. The summed E-state index contributed by atoms with van der Waals surface area (Å²) in [7, 11) is 0. The van der Waals surface area contributed by atoms with Crippen LogP contribution in [-0.4, -0.2) is 0 Å². The van der Waals surface area contributed by atoms with Crippen LogP contribution in [0.15, 0.2) is 63.6 Å². The number of quaternary nitrogens is 1. The Balaban J connectivity index is 1.64. The molecule has 1 aromatic carbocycles. The monoisotopic (exact) mass is 272 g/mol. The van der Waals surface area contributed by atoms with E-state index in [1.807, 2.05) is 18.2 Å². The van der Waals surface area contributed by atoms with E-state index in [-0.39, 0.29) is 5.82 Å².